The van der Waals surface area contributed by atoms with Crippen LogP contribution in [0.2, 0.25) is 0 Å². The molecular formula is C11H19N3S. The molecule has 1 aliphatic heterocycles. The fourth-order valence-corrected chi connectivity index (χ4v) is 2.93. The Morgan fingerprint density at radius 2 is 2.13 bits per heavy atom. The number of anilines is 1. The monoisotopic (exact) mass is 225 g/mol. The second kappa shape index (κ2) is 5.49. The van der Waals surface area contributed by atoms with E-state index in [1.54, 1.807) is 0 Å². The molecule has 0 bridgehead atoms. The lowest BCUT2D eigenvalue weighted by atomic mass is 10.3. The summed E-state index contributed by atoms with van der Waals surface area (Å²) in [7, 11) is 0. The van der Waals surface area contributed by atoms with Gasteiger partial charge in [-0.2, -0.15) is 0 Å². The smallest absolute Gasteiger partial charge is 0.0912 e. The minimum atomic E-state index is 0.793. The molecule has 15 heavy (non-hydrogen) atoms. The summed E-state index contributed by atoms with van der Waals surface area (Å²) in [5, 5.41) is 4.79. The Kier molecular flexibility index (Phi) is 4.00. The van der Waals surface area contributed by atoms with Gasteiger partial charge < -0.3 is 16.0 Å². The topological polar surface area (TPSA) is 41.3 Å². The fraction of sp³-hybridized carbons (Fsp3) is 0.636. The molecule has 0 atom stereocenters. The Hall–Kier alpha value is -0.580. The average molecular weight is 225 g/mol. The van der Waals surface area contributed by atoms with Crippen molar-refractivity contribution in [2.24, 2.45) is 5.73 Å². The van der Waals surface area contributed by atoms with Crippen molar-refractivity contribution in [2.75, 3.05) is 37.6 Å². The van der Waals surface area contributed by atoms with E-state index >= 15 is 0 Å². The predicted molar refractivity (Wildman–Crippen MR) is 66.8 cm³/mol. The number of hydrogen-bond acceptors (Lipinski definition) is 4. The van der Waals surface area contributed by atoms with Crippen LogP contribution in [0.15, 0.2) is 12.1 Å². The first-order chi connectivity index (χ1) is 7.40. The molecule has 0 saturated carbocycles. The summed E-state index contributed by atoms with van der Waals surface area (Å²) in [6.07, 6.45) is 2.23. The number of hydrogen-bond donors (Lipinski definition) is 2. The van der Waals surface area contributed by atoms with Crippen LogP contribution < -0.4 is 16.0 Å². The molecule has 2 rings (SSSR count). The molecule has 1 aromatic rings. The Labute approximate surface area is 95.3 Å². The quantitative estimate of drug-likeness (QED) is 0.805. The van der Waals surface area contributed by atoms with Gasteiger partial charge in [0, 0.05) is 31.1 Å². The van der Waals surface area contributed by atoms with Gasteiger partial charge >= 0.3 is 0 Å². The van der Waals surface area contributed by atoms with Gasteiger partial charge in [-0.25, -0.2) is 0 Å². The van der Waals surface area contributed by atoms with Crippen LogP contribution in [-0.4, -0.2) is 32.7 Å². The zero-order valence-electron chi connectivity index (χ0n) is 9.04. The summed E-state index contributed by atoms with van der Waals surface area (Å²) in [5.74, 6) is 0. The molecule has 84 valence electrons. The van der Waals surface area contributed by atoms with Gasteiger partial charge in [-0.05, 0) is 31.5 Å². The molecule has 0 radical (unpaired) electrons. The third-order valence-electron chi connectivity index (χ3n) is 2.70. The summed E-state index contributed by atoms with van der Waals surface area (Å²) >= 11 is 1.92. The van der Waals surface area contributed by atoms with Crippen molar-refractivity contribution in [3.8, 4) is 0 Å². The molecule has 0 unspecified atom stereocenters. The number of nitrogens with zero attached hydrogens (tertiary/aromatic N) is 1. The van der Waals surface area contributed by atoms with Crippen LogP contribution in [0.5, 0.6) is 0 Å². The van der Waals surface area contributed by atoms with Gasteiger partial charge in [0.2, 0.25) is 0 Å². The second-order valence-electron chi connectivity index (χ2n) is 3.87. The number of rotatable bonds is 4. The highest BCUT2D eigenvalue weighted by Gasteiger charge is 2.11. The highest BCUT2D eigenvalue weighted by molar-refractivity contribution is 7.16. The molecule has 2 heterocycles. The van der Waals surface area contributed by atoms with E-state index in [-0.39, 0.29) is 0 Å². The molecule has 0 aliphatic carbocycles. The summed E-state index contributed by atoms with van der Waals surface area (Å²) in [6, 6.07) is 4.50. The molecule has 1 aromatic heterocycles. The zero-order valence-corrected chi connectivity index (χ0v) is 9.85. The summed E-state index contributed by atoms with van der Waals surface area (Å²) in [6.45, 7) is 5.28. The van der Waals surface area contributed by atoms with Crippen LogP contribution in [0.1, 0.15) is 11.3 Å². The van der Waals surface area contributed by atoms with E-state index in [0.29, 0.717) is 0 Å². The van der Waals surface area contributed by atoms with Crippen molar-refractivity contribution in [3.05, 3.63) is 17.0 Å². The Morgan fingerprint density at radius 1 is 1.33 bits per heavy atom. The SMILES string of the molecule is NCCCc1ccc(N2CCNCC2)s1. The number of aryl methyl sites for hydroxylation is 1. The Balaban J connectivity index is 1.93. The number of piperazine rings is 1. The molecule has 3 nitrogen and oxygen atoms in total. The normalized spacial score (nSPS) is 17.0. The van der Waals surface area contributed by atoms with E-state index in [4.69, 9.17) is 5.73 Å². The van der Waals surface area contributed by atoms with Gasteiger partial charge in [0.05, 0.1) is 5.00 Å². The predicted octanol–water partition coefficient (Wildman–Crippen LogP) is 1.05. The van der Waals surface area contributed by atoms with Crippen molar-refractivity contribution < 1.29 is 0 Å². The van der Waals surface area contributed by atoms with Gasteiger partial charge in [0.25, 0.3) is 0 Å². The van der Waals surface area contributed by atoms with Crippen LogP contribution in [0.4, 0.5) is 5.00 Å². The minimum Gasteiger partial charge on any atom is -0.361 e. The average Bonchev–Trinajstić information content (AvgIpc) is 2.76. The molecule has 4 heteroatoms. The van der Waals surface area contributed by atoms with E-state index in [1.165, 1.54) is 9.88 Å². The van der Waals surface area contributed by atoms with Crippen molar-refractivity contribution >= 4 is 16.3 Å². The van der Waals surface area contributed by atoms with E-state index in [2.05, 4.69) is 22.3 Å². The first kappa shape index (κ1) is 10.9. The molecule has 1 aliphatic rings. The summed E-state index contributed by atoms with van der Waals surface area (Å²) < 4.78 is 0. The van der Waals surface area contributed by atoms with Gasteiger partial charge in [-0.1, -0.05) is 0 Å². The van der Waals surface area contributed by atoms with Crippen molar-refractivity contribution in [1.82, 2.24) is 5.32 Å². The molecule has 1 saturated heterocycles. The molecule has 0 aromatic carbocycles. The molecular weight excluding hydrogens is 206 g/mol. The van der Waals surface area contributed by atoms with E-state index in [0.717, 1.165) is 45.6 Å². The molecule has 0 amide bonds. The number of thiophene rings is 1. The van der Waals surface area contributed by atoms with Crippen molar-refractivity contribution in [1.29, 1.82) is 0 Å². The van der Waals surface area contributed by atoms with Crippen LogP contribution >= 0.6 is 11.3 Å². The van der Waals surface area contributed by atoms with Gasteiger partial charge in [0.1, 0.15) is 0 Å². The van der Waals surface area contributed by atoms with Crippen LogP contribution in [-0.2, 0) is 6.42 Å². The van der Waals surface area contributed by atoms with Crippen LogP contribution in [0, 0.1) is 0 Å². The highest BCUT2D eigenvalue weighted by atomic mass is 32.1. The first-order valence-corrected chi connectivity index (χ1v) is 6.46. The van der Waals surface area contributed by atoms with Crippen molar-refractivity contribution in [2.45, 2.75) is 12.8 Å². The molecule has 3 N–H and O–H groups in total. The maximum absolute atomic E-state index is 5.51. The lowest BCUT2D eigenvalue weighted by Crippen LogP contribution is -2.43. The maximum Gasteiger partial charge on any atom is 0.0912 e. The van der Waals surface area contributed by atoms with Crippen molar-refractivity contribution in [3.63, 3.8) is 0 Å². The number of nitrogens with two attached hydrogens (primary N) is 1. The lowest BCUT2D eigenvalue weighted by molar-refractivity contribution is 0.592. The number of nitrogens with one attached hydrogen (secondary N) is 1. The third kappa shape index (κ3) is 2.93. The van der Waals surface area contributed by atoms with Gasteiger partial charge in [-0.15, -0.1) is 11.3 Å². The first-order valence-electron chi connectivity index (χ1n) is 5.64. The Morgan fingerprint density at radius 3 is 2.87 bits per heavy atom. The highest BCUT2D eigenvalue weighted by Crippen LogP contribution is 2.26. The third-order valence-corrected chi connectivity index (χ3v) is 3.91. The molecule has 1 fully saturated rings. The minimum absolute atomic E-state index is 0.793. The maximum atomic E-state index is 5.51. The van der Waals surface area contributed by atoms with E-state index < -0.39 is 0 Å². The fourth-order valence-electron chi connectivity index (χ4n) is 1.83. The van der Waals surface area contributed by atoms with Crippen LogP contribution in [0.3, 0.4) is 0 Å². The van der Waals surface area contributed by atoms with Crippen LogP contribution in [0.25, 0.3) is 0 Å². The zero-order chi connectivity index (χ0) is 10.5. The second-order valence-corrected chi connectivity index (χ2v) is 5.02. The van der Waals surface area contributed by atoms with E-state index in [1.807, 2.05) is 11.3 Å². The van der Waals surface area contributed by atoms with Gasteiger partial charge in [-0.3, -0.25) is 0 Å². The Bertz CT molecular complexity index is 292. The lowest BCUT2D eigenvalue weighted by Gasteiger charge is -2.27. The largest absolute Gasteiger partial charge is 0.361 e. The standard InChI is InChI=1S/C11H19N3S/c12-5-1-2-10-3-4-11(15-10)14-8-6-13-7-9-14/h3-4,13H,1-2,5-9,12H2. The van der Waals surface area contributed by atoms with E-state index in [9.17, 15) is 0 Å². The van der Waals surface area contributed by atoms with Gasteiger partial charge in [0.15, 0.2) is 0 Å². The molecule has 0 spiro atoms. The summed E-state index contributed by atoms with van der Waals surface area (Å²) in [4.78, 5) is 3.93. The summed E-state index contributed by atoms with van der Waals surface area (Å²) in [5.41, 5.74) is 5.51.